The Hall–Kier alpha value is -1.60. The van der Waals surface area contributed by atoms with Crippen LogP contribution in [0.5, 0.6) is 5.75 Å². The third-order valence-corrected chi connectivity index (χ3v) is 8.20. The molecule has 0 saturated heterocycles. The molecule has 0 aromatic heterocycles. The van der Waals surface area contributed by atoms with E-state index in [1.165, 1.54) is 11.1 Å². The summed E-state index contributed by atoms with van der Waals surface area (Å²) in [6.45, 7) is 5.19. The van der Waals surface area contributed by atoms with Gasteiger partial charge in [0.1, 0.15) is 5.75 Å². The highest BCUT2D eigenvalue weighted by molar-refractivity contribution is 7.84. The zero-order chi connectivity index (χ0) is 20.8. The topological polar surface area (TPSA) is 98.5 Å². The summed E-state index contributed by atoms with van der Waals surface area (Å²) in [4.78, 5) is 12.8. The van der Waals surface area contributed by atoms with Gasteiger partial charge >= 0.3 is 10.3 Å². The van der Waals surface area contributed by atoms with Crippen LogP contribution >= 0.6 is 0 Å². The summed E-state index contributed by atoms with van der Waals surface area (Å²) in [7, 11) is -4.01. The van der Waals surface area contributed by atoms with Crippen LogP contribution in [0, 0.1) is 23.2 Å². The van der Waals surface area contributed by atoms with Crippen molar-refractivity contribution >= 4 is 16.2 Å². The lowest BCUT2D eigenvalue weighted by atomic mass is 9.54. The molecule has 0 bridgehead atoms. The van der Waals surface area contributed by atoms with Gasteiger partial charge in [0, 0.05) is 12.5 Å². The van der Waals surface area contributed by atoms with E-state index in [0.29, 0.717) is 23.5 Å². The molecule has 4 rings (SSSR count). The fraction of sp³-hybridized carbons (Fsp3) is 0.682. The van der Waals surface area contributed by atoms with E-state index in [2.05, 4.69) is 19.2 Å². The van der Waals surface area contributed by atoms with Crippen LogP contribution in [-0.4, -0.2) is 20.9 Å². The first kappa shape index (κ1) is 20.7. The molecule has 0 aliphatic heterocycles. The zero-order valence-electron chi connectivity index (χ0n) is 17.3. The monoisotopic (exact) mass is 420 g/mol. The zero-order valence-corrected chi connectivity index (χ0v) is 18.1. The number of hydrogen-bond donors (Lipinski definition) is 2. The molecule has 1 amide bonds. The normalized spacial score (nSPS) is 33.3. The number of carbonyl (C=O) groups is 1. The second-order valence-electron chi connectivity index (χ2n) is 9.32. The number of hydrogen-bond acceptors (Lipinski definition) is 4. The highest BCUT2D eigenvalue weighted by Crippen LogP contribution is 2.63. The number of nitrogens with one attached hydrogen (secondary N) is 1. The van der Waals surface area contributed by atoms with E-state index in [9.17, 15) is 13.2 Å². The Morgan fingerprint density at radius 3 is 2.79 bits per heavy atom. The Kier molecular flexibility index (Phi) is 5.40. The molecule has 1 aromatic carbocycles. The van der Waals surface area contributed by atoms with E-state index in [0.717, 1.165) is 51.5 Å². The number of rotatable bonds is 5. The van der Waals surface area contributed by atoms with Crippen LogP contribution in [0.15, 0.2) is 18.2 Å². The summed E-state index contributed by atoms with van der Waals surface area (Å²) in [5.41, 5.74) is 2.59. The van der Waals surface area contributed by atoms with Gasteiger partial charge in [0.15, 0.2) is 0 Å². The maximum Gasteiger partial charge on any atom is 0.380 e. The Morgan fingerprint density at radius 2 is 2.07 bits per heavy atom. The van der Waals surface area contributed by atoms with Crippen LogP contribution in [-0.2, 0) is 21.5 Å². The second-order valence-corrected chi connectivity index (χ2v) is 10.5. The minimum Gasteiger partial charge on any atom is -0.371 e. The van der Waals surface area contributed by atoms with E-state index in [1.807, 2.05) is 12.1 Å². The van der Waals surface area contributed by atoms with Crippen molar-refractivity contribution in [1.82, 2.24) is 5.32 Å². The van der Waals surface area contributed by atoms with Crippen molar-refractivity contribution in [3.8, 4) is 5.75 Å². The van der Waals surface area contributed by atoms with Crippen molar-refractivity contribution in [3.63, 3.8) is 0 Å². The third kappa shape index (κ3) is 3.79. The van der Waals surface area contributed by atoms with Crippen molar-refractivity contribution in [2.45, 2.75) is 64.7 Å². The molecule has 0 spiro atoms. The first-order valence-corrected chi connectivity index (χ1v) is 12.3. The van der Waals surface area contributed by atoms with Crippen LogP contribution in [0.2, 0.25) is 0 Å². The van der Waals surface area contributed by atoms with Gasteiger partial charge in [-0.15, -0.1) is 0 Å². The van der Waals surface area contributed by atoms with Crippen molar-refractivity contribution < 1.29 is 17.4 Å². The van der Waals surface area contributed by atoms with Crippen molar-refractivity contribution in [2.75, 3.05) is 6.54 Å². The maximum atomic E-state index is 12.8. The number of amides is 1. The van der Waals surface area contributed by atoms with Gasteiger partial charge < -0.3 is 9.50 Å². The summed E-state index contributed by atoms with van der Waals surface area (Å²) in [6, 6.07) is 5.57. The predicted molar refractivity (Wildman–Crippen MR) is 112 cm³/mol. The van der Waals surface area contributed by atoms with Gasteiger partial charge in [0.05, 0.1) is 0 Å². The molecule has 1 aromatic rings. The van der Waals surface area contributed by atoms with Crippen molar-refractivity contribution in [2.24, 2.45) is 28.3 Å². The van der Waals surface area contributed by atoms with Crippen molar-refractivity contribution in [3.05, 3.63) is 29.3 Å². The molecule has 160 valence electrons. The summed E-state index contributed by atoms with van der Waals surface area (Å²) >= 11 is 0. The first-order valence-electron chi connectivity index (χ1n) is 10.9. The number of nitrogens with two attached hydrogens (primary N) is 1. The quantitative estimate of drug-likeness (QED) is 0.764. The predicted octanol–water partition coefficient (Wildman–Crippen LogP) is 3.27. The Labute approximate surface area is 173 Å². The van der Waals surface area contributed by atoms with E-state index >= 15 is 0 Å². The van der Waals surface area contributed by atoms with Gasteiger partial charge in [0.2, 0.25) is 5.91 Å². The first-order chi connectivity index (χ1) is 13.7. The van der Waals surface area contributed by atoms with Crippen molar-refractivity contribution in [1.29, 1.82) is 0 Å². The van der Waals surface area contributed by atoms with Crippen LogP contribution in [0.3, 0.4) is 0 Å². The lowest BCUT2D eigenvalue weighted by Crippen LogP contribution is -2.46. The largest absolute Gasteiger partial charge is 0.380 e. The van der Waals surface area contributed by atoms with Crippen LogP contribution in [0.4, 0.5) is 0 Å². The molecule has 3 unspecified atom stereocenters. The Morgan fingerprint density at radius 1 is 1.28 bits per heavy atom. The molecule has 0 radical (unpaired) electrons. The second kappa shape index (κ2) is 7.58. The Balaban J connectivity index is 1.55. The Bertz CT molecular complexity index is 900. The van der Waals surface area contributed by atoms with Crippen LogP contribution in [0.25, 0.3) is 0 Å². The van der Waals surface area contributed by atoms with E-state index in [4.69, 9.17) is 9.32 Å². The standard InChI is InChI=1S/C22H32N2O4S/c1-3-12-24-21(25)20-9-8-19-18-6-4-14-13-15(28-29(23,26)27)5-7-16(14)17(18)10-11-22(19,20)2/h5,7,13,17-20H,3-4,6,8-12H2,1-2H3,(H,24,25)(H2,23,26,27)/t17?,18?,19?,20-,22+/m1/s1. The number of carbonyl (C=O) groups excluding carboxylic acids is 1. The number of fused-ring (bicyclic) bond motifs is 5. The van der Waals surface area contributed by atoms with Crippen LogP contribution < -0.4 is 14.6 Å². The summed E-state index contributed by atoms with van der Waals surface area (Å²) in [5, 5.41) is 8.14. The fourth-order valence-electron chi connectivity index (χ4n) is 6.55. The third-order valence-electron chi connectivity index (χ3n) is 7.78. The molecule has 2 fully saturated rings. The summed E-state index contributed by atoms with van der Waals surface area (Å²) in [5.74, 6) is 2.32. The van der Waals surface area contributed by atoms with Gasteiger partial charge in [0.25, 0.3) is 0 Å². The molecular weight excluding hydrogens is 388 g/mol. The maximum absolute atomic E-state index is 12.8. The summed E-state index contributed by atoms with van der Waals surface area (Å²) in [6.07, 6.45) is 7.24. The molecule has 5 atom stereocenters. The van der Waals surface area contributed by atoms with E-state index < -0.39 is 10.3 Å². The molecule has 3 N–H and O–H groups in total. The van der Waals surface area contributed by atoms with Gasteiger partial charge in [-0.05, 0) is 91.4 Å². The highest BCUT2D eigenvalue weighted by Gasteiger charge is 2.56. The van der Waals surface area contributed by atoms with Crippen LogP contribution in [0.1, 0.15) is 69.4 Å². The molecular formula is C22H32N2O4S. The molecule has 29 heavy (non-hydrogen) atoms. The SMILES string of the molecule is CCCNC(=O)[C@H]1CCC2C3CCc4cc(OS(N)(=O)=O)ccc4C3CC[C@@]21C. The van der Waals surface area contributed by atoms with Gasteiger partial charge in [-0.25, -0.2) is 0 Å². The van der Waals surface area contributed by atoms with E-state index in [1.54, 1.807) is 6.07 Å². The average Bonchev–Trinajstić information content (AvgIpc) is 3.01. The number of benzene rings is 1. The molecule has 3 aliphatic rings. The van der Waals surface area contributed by atoms with Gasteiger partial charge in [-0.3, -0.25) is 4.79 Å². The highest BCUT2D eigenvalue weighted by atomic mass is 32.2. The van der Waals surface area contributed by atoms with Gasteiger partial charge in [-0.1, -0.05) is 19.9 Å². The van der Waals surface area contributed by atoms with E-state index in [-0.39, 0.29) is 17.2 Å². The smallest absolute Gasteiger partial charge is 0.371 e. The number of aryl methyl sites for hydroxylation is 1. The van der Waals surface area contributed by atoms with Gasteiger partial charge in [-0.2, -0.15) is 13.6 Å². The molecule has 2 saturated carbocycles. The molecule has 0 heterocycles. The average molecular weight is 421 g/mol. The fourth-order valence-corrected chi connectivity index (χ4v) is 6.92. The minimum absolute atomic E-state index is 0.0905. The lowest BCUT2D eigenvalue weighted by Gasteiger charge is -2.50. The summed E-state index contributed by atoms with van der Waals surface area (Å²) < 4.78 is 27.3. The minimum atomic E-state index is -4.01. The molecule has 7 heteroatoms. The molecule has 6 nitrogen and oxygen atoms in total. The lowest BCUT2D eigenvalue weighted by molar-refractivity contribution is -0.130. The molecule has 3 aliphatic carbocycles.